The molecule has 13 heavy (non-hydrogen) atoms. The van der Waals surface area contributed by atoms with Gasteiger partial charge in [0.2, 0.25) is 0 Å². The lowest BCUT2D eigenvalue weighted by Crippen LogP contribution is -2.05. The van der Waals surface area contributed by atoms with Gasteiger partial charge in [-0.25, -0.2) is 9.97 Å². The van der Waals surface area contributed by atoms with Gasteiger partial charge in [0.25, 0.3) is 0 Å². The second-order valence-corrected chi connectivity index (χ2v) is 2.80. The molecule has 1 aromatic rings. The van der Waals surface area contributed by atoms with Gasteiger partial charge in [-0.1, -0.05) is 17.7 Å². The number of rotatable bonds is 4. The van der Waals surface area contributed by atoms with Gasteiger partial charge in [0.05, 0.1) is 0 Å². The van der Waals surface area contributed by atoms with Gasteiger partial charge in [0.1, 0.15) is 23.0 Å². The molecule has 0 unspecified atom stereocenters. The van der Waals surface area contributed by atoms with E-state index in [-0.39, 0.29) is 5.82 Å². The van der Waals surface area contributed by atoms with E-state index in [1.54, 1.807) is 0 Å². The summed E-state index contributed by atoms with van der Waals surface area (Å²) in [6, 6.07) is 0. The molecule has 0 bridgehead atoms. The molecule has 0 radical (unpaired) electrons. The maximum atomic E-state index is 5.83. The van der Waals surface area contributed by atoms with E-state index in [1.165, 1.54) is 6.33 Å². The lowest BCUT2D eigenvalue weighted by atomic mass is 10.4. The Hall–Kier alpha value is -1.29. The predicted molar refractivity (Wildman–Crippen MR) is 54.8 cm³/mol. The second kappa shape index (κ2) is 4.67. The largest absolute Gasteiger partial charge is 0.382 e. The third-order valence-electron chi connectivity index (χ3n) is 1.46. The highest BCUT2D eigenvalue weighted by Gasteiger charge is 2.04. The first kappa shape index (κ1) is 9.80. The number of hydrogen-bond donors (Lipinski definition) is 2. The minimum atomic E-state index is 0.290. The lowest BCUT2D eigenvalue weighted by Gasteiger charge is -2.05. The van der Waals surface area contributed by atoms with Crippen LogP contribution < -0.4 is 11.1 Å². The molecule has 0 aromatic carbocycles. The summed E-state index contributed by atoms with van der Waals surface area (Å²) >= 11 is 5.83. The van der Waals surface area contributed by atoms with Crippen LogP contribution in [0.5, 0.6) is 0 Å². The van der Waals surface area contributed by atoms with Crippen LogP contribution in [0.25, 0.3) is 0 Å². The molecule has 0 aliphatic carbocycles. The van der Waals surface area contributed by atoms with Crippen LogP contribution in [0.3, 0.4) is 0 Å². The van der Waals surface area contributed by atoms with Crippen molar-refractivity contribution in [3.63, 3.8) is 0 Å². The number of anilines is 2. The lowest BCUT2D eigenvalue weighted by molar-refractivity contribution is 1.04. The van der Waals surface area contributed by atoms with Gasteiger partial charge in [0, 0.05) is 6.54 Å². The van der Waals surface area contributed by atoms with Crippen molar-refractivity contribution in [1.82, 2.24) is 9.97 Å². The van der Waals surface area contributed by atoms with Crippen molar-refractivity contribution in [1.29, 1.82) is 0 Å². The van der Waals surface area contributed by atoms with Crippen LogP contribution in [0.2, 0.25) is 5.02 Å². The van der Waals surface area contributed by atoms with Crippen LogP contribution in [0.4, 0.5) is 11.6 Å². The summed E-state index contributed by atoms with van der Waals surface area (Å²) in [7, 11) is 0. The Kier molecular flexibility index (Phi) is 3.52. The maximum Gasteiger partial charge on any atom is 0.150 e. The quantitative estimate of drug-likeness (QED) is 0.571. The van der Waals surface area contributed by atoms with Crippen molar-refractivity contribution in [2.75, 3.05) is 17.6 Å². The topological polar surface area (TPSA) is 63.8 Å². The van der Waals surface area contributed by atoms with Crippen molar-refractivity contribution in [2.45, 2.75) is 6.42 Å². The van der Waals surface area contributed by atoms with Crippen molar-refractivity contribution in [3.05, 3.63) is 24.0 Å². The third kappa shape index (κ3) is 2.59. The molecule has 4 nitrogen and oxygen atoms in total. The summed E-state index contributed by atoms with van der Waals surface area (Å²) in [5.41, 5.74) is 5.48. The molecule has 1 heterocycles. The first-order valence-corrected chi connectivity index (χ1v) is 4.24. The first-order valence-electron chi connectivity index (χ1n) is 3.86. The summed E-state index contributed by atoms with van der Waals surface area (Å²) in [6.45, 7) is 4.34. The van der Waals surface area contributed by atoms with Gasteiger partial charge in [-0.15, -0.1) is 6.58 Å². The Morgan fingerprint density at radius 3 is 3.08 bits per heavy atom. The zero-order chi connectivity index (χ0) is 9.68. The highest BCUT2D eigenvalue weighted by atomic mass is 35.5. The second-order valence-electron chi connectivity index (χ2n) is 2.43. The highest BCUT2D eigenvalue weighted by Crippen LogP contribution is 2.22. The normalized spacial score (nSPS) is 9.62. The Labute approximate surface area is 81.8 Å². The SMILES string of the molecule is C=CCCNc1ncnc(N)c1Cl. The van der Waals surface area contributed by atoms with Gasteiger partial charge < -0.3 is 11.1 Å². The molecule has 1 rings (SSSR count). The van der Waals surface area contributed by atoms with Gasteiger partial charge in [-0.3, -0.25) is 0 Å². The Morgan fingerprint density at radius 2 is 2.38 bits per heavy atom. The van der Waals surface area contributed by atoms with E-state index >= 15 is 0 Å². The third-order valence-corrected chi connectivity index (χ3v) is 1.83. The highest BCUT2D eigenvalue weighted by molar-refractivity contribution is 6.35. The fourth-order valence-corrected chi connectivity index (χ4v) is 0.964. The maximum absolute atomic E-state index is 5.83. The average molecular weight is 199 g/mol. The molecule has 0 fully saturated rings. The van der Waals surface area contributed by atoms with Crippen LogP contribution >= 0.6 is 11.6 Å². The number of nitrogens with one attached hydrogen (secondary N) is 1. The van der Waals surface area contributed by atoms with Crippen LogP contribution in [-0.2, 0) is 0 Å². The number of halogens is 1. The molecule has 0 aliphatic heterocycles. The predicted octanol–water partition coefficient (Wildman–Crippen LogP) is 1.70. The Balaban J connectivity index is 2.65. The van der Waals surface area contributed by atoms with E-state index in [4.69, 9.17) is 17.3 Å². The molecule has 3 N–H and O–H groups in total. The summed E-state index contributed by atoms with van der Waals surface area (Å²) in [6.07, 6.45) is 4.03. The summed E-state index contributed by atoms with van der Waals surface area (Å²) in [4.78, 5) is 7.68. The summed E-state index contributed by atoms with van der Waals surface area (Å²) < 4.78 is 0. The molecule has 1 aromatic heterocycles. The van der Waals surface area contributed by atoms with E-state index in [0.29, 0.717) is 10.8 Å². The number of nitrogens with two attached hydrogens (primary N) is 1. The van der Waals surface area contributed by atoms with Crippen molar-refractivity contribution < 1.29 is 0 Å². The van der Waals surface area contributed by atoms with Crippen molar-refractivity contribution in [3.8, 4) is 0 Å². The fourth-order valence-electron chi connectivity index (χ4n) is 0.799. The van der Waals surface area contributed by atoms with Crippen molar-refractivity contribution in [2.24, 2.45) is 0 Å². The molecule has 0 spiro atoms. The van der Waals surface area contributed by atoms with Crippen LogP contribution in [-0.4, -0.2) is 16.5 Å². The molecule has 0 saturated carbocycles. The minimum Gasteiger partial charge on any atom is -0.382 e. The molecular weight excluding hydrogens is 188 g/mol. The average Bonchev–Trinajstić information content (AvgIpc) is 2.13. The molecule has 0 atom stereocenters. The van der Waals surface area contributed by atoms with E-state index in [2.05, 4.69) is 21.9 Å². The zero-order valence-electron chi connectivity index (χ0n) is 7.13. The molecule has 5 heteroatoms. The van der Waals surface area contributed by atoms with Gasteiger partial charge in [-0.2, -0.15) is 0 Å². The van der Waals surface area contributed by atoms with E-state index in [9.17, 15) is 0 Å². The van der Waals surface area contributed by atoms with E-state index in [0.717, 1.165) is 13.0 Å². The number of nitrogens with zero attached hydrogens (tertiary/aromatic N) is 2. The van der Waals surface area contributed by atoms with Gasteiger partial charge in [-0.05, 0) is 6.42 Å². The first-order chi connectivity index (χ1) is 6.25. The summed E-state index contributed by atoms with van der Waals surface area (Å²) in [5, 5.41) is 3.39. The molecule has 70 valence electrons. The minimum absolute atomic E-state index is 0.290. The smallest absolute Gasteiger partial charge is 0.150 e. The number of aromatic nitrogens is 2. The fraction of sp³-hybridized carbons (Fsp3) is 0.250. The number of nitrogen functional groups attached to an aromatic ring is 1. The van der Waals surface area contributed by atoms with E-state index in [1.807, 2.05) is 6.08 Å². The molecule has 0 saturated heterocycles. The van der Waals surface area contributed by atoms with Crippen LogP contribution in [0, 0.1) is 0 Å². The molecule has 0 aliphatic rings. The Morgan fingerprint density at radius 1 is 1.62 bits per heavy atom. The van der Waals surface area contributed by atoms with Crippen molar-refractivity contribution >= 4 is 23.2 Å². The monoisotopic (exact) mass is 198 g/mol. The molecular formula is C8H11ClN4. The Bertz CT molecular complexity index is 300. The summed E-state index contributed by atoms with van der Waals surface area (Å²) in [5.74, 6) is 0.855. The van der Waals surface area contributed by atoms with Crippen LogP contribution in [0.1, 0.15) is 6.42 Å². The zero-order valence-corrected chi connectivity index (χ0v) is 7.88. The number of hydrogen-bond acceptors (Lipinski definition) is 4. The molecule has 0 amide bonds. The van der Waals surface area contributed by atoms with Gasteiger partial charge >= 0.3 is 0 Å². The van der Waals surface area contributed by atoms with E-state index < -0.39 is 0 Å². The standard InChI is InChI=1S/C8H11ClN4/c1-2-3-4-11-8-6(9)7(10)12-5-13-8/h2,5H,1,3-4H2,(H3,10,11,12,13). The van der Waals surface area contributed by atoms with Crippen LogP contribution in [0.15, 0.2) is 19.0 Å². The van der Waals surface area contributed by atoms with Gasteiger partial charge in [0.15, 0.2) is 0 Å².